The first kappa shape index (κ1) is 16.0. The molecule has 20 heavy (non-hydrogen) atoms. The molecule has 0 unspecified atom stereocenters. The molecule has 1 rings (SSSR count). The second-order valence-corrected chi connectivity index (χ2v) is 4.48. The van der Waals surface area contributed by atoms with Crippen molar-refractivity contribution in [2.45, 2.75) is 26.1 Å². The summed E-state index contributed by atoms with van der Waals surface area (Å²) >= 11 is 0. The maximum absolute atomic E-state index is 12.5. The van der Waals surface area contributed by atoms with E-state index in [1.807, 2.05) is 0 Å². The van der Waals surface area contributed by atoms with Gasteiger partial charge in [0.25, 0.3) is 5.91 Å². The van der Waals surface area contributed by atoms with Gasteiger partial charge in [0.05, 0.1) is 12.1 Å². The maximum atomic E-state index is 12.5. The Balaban J connectivity index is 2.67. The van der Waals surface area contributed by atoms with Gasteiger partial charge in [-0.2, -0.15) is 13.2 Å². The third kappa shape index (κ3) is 4.91. The Morgan fingerprint density at radius 3 is 2.45 bits per heavy atom. The molecule has 4 nitrogen and oxygen atoms in total. The summed E-state index contributed by atoms with van der Waals surface area (Å²) in [7, 11) is 0. The Morgan fingerprint density at radius 2 is 1.90 bits per heavy atom. The van der Waals surface area contributed by atoms with Crippen LogP contribution in [-0.2, 0) is 11.0 Å². The second-order valence-electron chi connectivity index (χ2n) is 4.48. The Morgan fingerprint density at radius 1 is 1.25 bits per heavy atom. The summed E-state index contributed by atoms with van der Waals surface area (Å²) in [5.74, 6) is -1.13. The monoisotopic (exact) mass is 288 g/mol. The predicted molar refractivity (Wildman–Crippen MR) is 67.1 cm³/mol. The molecule has 1 aromatic rings. The molecular formula is C13H15F3N2O2. The van der Waals surface area contributed by atoms with Crippen LogP contribution in [0.25, 0.3) is 0 Å². The zero-order chi connectivity index (χ0) is 15.3. The van der Waals surface area contributed by atoms with Crippen molar-refractivity contribution in [3.05, 3.63) is 35.4 Å². The molecule has 0 heterocycles. The fraction of sp³-hybridized carbons (Fsp3) is 0.385. The van der Waals surface area contributed by atoms with Gasteiger partial charge in [-0.1, -0.05) is 6.07 Å². The van der Waals surface area contributed by atoms with E-state index in [0.29, 0.717) is 0 Å². The lowest BCUT2D eigenvalue weighted by molar-refractivity contribution is -0.137. The van der Waals surface area contributed by atoms with E-state index in [1.165, 1.54) is 6.07 Å². The number of amides is 2. The molecule has 0 radical (unpaired) electrons. The van der Waals surface area contributed by atoms with E-state index < -0.39 is 23.6 Å². The van der Waals surface area contributed by atoms with Crippen molar-refractivity contribution in [2.75, 3.05) is 6.54 Å². The fourth-order valence-corrected chi connectivity index (χ4v) is 1.47. The Hall–Kier alpha value is -2.05. The number of halogens is 3. The van der Waals surface area contributed by atoms with Gasteiger partial charge in [0.2, 0.25) is 5.91 Å². The van der Waals surface area contributed by atoms with Crippen molar-refractivity contribution in [2.24, 2.45) is 0 Å². The van der Waals surface area contributed by atoms with Crippen LogP contribution in [0, 0.1) is 0 Å². The molecule has 2 N–H and O–H groups in total. The first-order valence-electron chi connectivity index (χ1n) is 5.95. The molecule has 0 atom stereocenters. The average Bonchev–Trinajstić information content (AvgIpc) is 2.34. The second kappa shape index (κ2) is 6.40. The third-order valence-electron chi connectivity index (χ3n) is 2.31. The van der Waals surface area contributed by atoms with Crippen molar-refractivity contribution in [3.8, 4) is 0 Å². The SMILES string of the molecule is CC(C)NC(=O)CNC(=O)c1cccc(C(F)(F)F)c1. The van der Waals surface area contributed by atoms with Gasteiger partial charge in [0.15, 0.2) is 0 Å². The van der Waals surface area contributed by atoms with Gasteiger partial charge in [0.1, 0.15) is 0 Å². The molecule has 7 heteroatoms. The van der Waals surface area contributed by atoms with Gasteiger partial charge in [-0.15, -0.1) is 0 Å². The number of carbonyl (C=O) groups is 2. The van der Waals surface area contributed by atoms with Crippen LogP contribution in [0.15, 0.2) is 24.3 Å². The molecular weight excluding hydrogens is 273 g/mol. The molecule has 110 valence electrons. The molecule has 2 amide bonds. The molecule has 0 saturated carbocycles. The highest BCUT2D eigenvalue weighted by Gasteiger charge is 2.30. The summed E-state index contributed by atoms with van der Waals surface area (Å²) < 4.78 is 37.5. The number of hydrogen-bond donors (Lipinski definition) is 2. The topological polar surface area (TPSA) is 58.2 Å². The minimum absolute atomic E-state index is 0.0760. The molecule has 0 aliphatic rings. The lowest BCUT2D eigenvalue weighted by atomic mass is 10.1. The average molecular weight is 288 g/mol. The maximum Gasteiger partial charge on any atom is 0.416 e. The summed E-state index contributed by atoms with van der Waals surface area (Å²) in [4.78, 5) is 23.0. The summed E-state index contributed by atoms with van der Waals surface area (Å²) in [5.41, 5.74) is -1.05. The molecule has 0 bridgehead atoms. The van der Waals surface area contributed by atoms with Gasteiger partial charge in [-0.25, -0.2) is 0 Å². The standard InChI is InChI=1S/C13H15F3N2O2/c1-8(2)18-11(19)7-17-12(20)9-4-3-5-10(6-9)13(14,15)16/h3-6,8H,7H2,1-2H3,(H,17,20)(H,18,19). The van der Waals surface area contributed by atoms with E-state index in [-0.39, 0.29) is 18.2 Å². The third-order valence-corrected chi connectivity index (χ3v) is 2.31. The van der Waals surface area contributed by atoms with E-state index >= 15 is 0 Å². The molecule has 0 aromatic heterocycles. The Kier molecular flexibility index (Phi) is 5.12. The quantitative estimate of drug-likeness (QED) is 0.890. The van der Waals surface area contributed by atoms with E-state index in [0.717, 1.165) is 18.2 Å². The summed E-state index contributed by atoms with van der Waals surface area (Å²) in [6.45, 7) is 3.23. The molecule has 0 saturated heterocycles. The molecule has 0 fully saturated rings. The van der Waals surface area contributed by atoms with Gasteiger partial charge < -0.3 is 10.6 Å². The number of hydrogen-bond acceptors (Lipinski definition) is 2. The van der Waals surface area contributed by atoms with E-state index in [4.69, 9.17) is 0 Å². The van der Waals surface area contributed by atoms with Crippen LogP contribution in [0.5, 0.6) is 0 Å². The summed E-state index contributed by atoms with van der Waals surface area (Å²) in [5, 5.41) is 4.82. The van der Waals surface area contributed by atoms with Crippen LogP contribution in [0.4, 0.5) is 13.2 Å². The zero-order valence-corrected chi connectivity index (χ0v) is 11.0. The van der Waals surface area contributed by atoms with Crippen molar-refractivity contribution in [3.63, 3.8) is 0 Å². The highest BCUT2D eigenvalue weighted by molar-refractivity contribution is 5.96. The van der Waals surface area contributed by atoms with Gasteiger partial charge in [-0.05, 0) is 32.0 Å². The van der Waals surface area contributed by atoms with Crippen LogP contribution in [0.2, 0.25) is 0 Å². The van der Waals surface area contributed by atoms with E-state index in [2.05, 4.69) is 10.6 Å². The molecule has 0 aliphatic carbocycles. The minimum atomic E-state index is -4.51. The van der Waals surface area contributed by atoms with Gasteiger partial charge >= 0.3 is 6.18 Å². The number of benzene rings is 1. The highest BCUT2D eigenvalue weighted by Crippen LogP contribution is 2.29. The van der Waals surface area contributed by atoms with E-state index in [9.17, 15) is 22.8 Å². The predicted octanol–water partition coefficient (Wildman–Crippen LogP) is 1.96. The van der Waals surface area contributed by atoms with Crippen LogP contribution >= 0.6 is 0 Å². The van der Waals surface area contributed by atoms with Crippen molar-refractivity contribution in [1.82, 2.24) is 10.6 Å². The van der Waals surface area contributed by atoms with Crippen molar-refractivity contribution >= 4 is 11.8 Å². The Bertz CT molecular complexity index is 499. The van der Waals surface area contributed by atoms with Crippen LogP contribution in [-0.4, -0.2) is 24.4 Å². The number of nitrogens with one attached hydrogen (secondary N) is 2. The van der Waals surface area contributed by atoms with Gasteiger partial charge in [0, 0.05) is 11.6 Å². The number of rotatable bonds is 4. The largest absolute Gasteiger partial charge is 0.416 e. The summed E-state index contributed by atoms with van der Waals surface area (Å²) in [6, 6.07) is 3.95. The first-order chi connectivity index (χ1) is 9.20. The first-order valence-corrected chi connectivity index (χ1v) is 5.95. The van der Waals surface area contributed by atoms with Crippen molar-refractivity contribution in [1.29, 1.82) is 0 Å². The van der Waals surface area contributed by atoms with E-state index in [1.54, 1.807) is 13.8 Å². The minimum Gasteiger partial charge on any atom is -0.352 e. The van der Waals surface area contributed by atoms with Gasteiger partial charge in [-0.3, -0.25) is 9.59 Å². The highest BCUT2D eigenvalue weighted by atomic mass is 19.4. The van der Waals surface area contributed by atoms with Crippen LogP contribution < -0.4 is 10.6 Å². The van der Waals surface area contributed by atoms with Crippen molar-refractivity contribution < 1.29 is 22.8 Å². The lowest BCUT2D eigenvalue weighted by Gasteiger charge is -2.10. The molecule has 1 aromatic carbocycles. The fourth-order valence-electron chi connectivity index (χ4n) is 1.47. The zero-order valence-electron chi connectivity index (χ0n) is 11.0. The normalized spacial score (nSPS) is 11.3. The smallest absolute Gasteiger partial charge is 0.352 e. The summed E-state index contributed by atoms with van der Waals surface area (Å²) in [6.07, 6.45) is -4.51. The van der Waals surface area contributed by atoms with Crippen LogP contribution in [0.3, 0.4) is 0 Å². The number of carbonyl (C=O) groups excluding carboxylic acids is 2. The molecule has 0 aliphatic heterocycles. The lowest BCUT2D eigenvalue weighted by Crippen LogP contribution is -2.39. The Labute approximate surface area is 114 Å². The number of alkyl halides is 3. The van der Waals surface area contributed by atoms with Crippen LogP contribution in [0.1, 0.15) is 29.8 Å². The molecule has 0 spiro atoms.